The predicted octanol–water partition coefficient (Wildman–Crippen LogP) is 3.30. The first-order valence-electron chi connectivity index (χ1n) is 5.90. The van der Waals surface area contributed by atoms with Crippen LogP contribution in [-0.4, -0.2) is 16.0 Å². The number of aliphatic carboxylic acids is 1. The average molecular weight is 251 g/mol. The smallest absolute Gasteiger partial charge is 0.310 e. The van der Waals surface area contributed by atoms with Gasteiger partial charge < -0.3 is 5.11 Å². The number of nitro benzene ring substituents is 1. The van der Waals surface area contributed by atoms with Crippen molar-refractivity contribution < 1.29 is 14.8 Å². The highest BCUT2D eigenvalue weighted by molar-refractivity contribution is 5.77. The zero-order valence-electron chi connectivity index (χ0n) is 10.7. The van der Waals surface area contributed by atoms with Crippen LogP contribution in [0, 0.1) is 10.1 Å². The maximum Gasteiger partial charge on any atom is 0.310 e. The summed E-state index contributed by atoms with van der Waals surface area (Å²) in [7, 11) is 0. The third-order valence-electron chi connectivity index (χ3n) is 2.97. The molecule has 5 heteroatoms. The van der Waals surface area contributed by atoms with Gasteiger partial charge in [0.1, 0.15) is 0 Å². The van der Waals surface area contributed by atoms with Crippen molar-refractivity contribution in [3.8, 4) is 0 Å². The Morgan fingerprint density at radius 2 is 2.06 bits per heavy atom. The van der Waals surface area contributed by atoms with Gasteiger partial charge in [0.15, 0.2) is 0 Å². The molecule has 0 heterocycles. The van der Waals surface area contributed by atoms with E-state index < -0.39 is 16.8 Å². The Bertz CT molecular complexity index is 468. The lowest BCUT2D eigenvalue weighted by atomic mass is 9.86. The normalized spacial score (nSPS) is 12.4. The summed E-state index contributed by atoms with van der Waals surface area (Å²) in [6.45, 7) is 5.43. The Morgan fingerprint density at radius 1 is 1.44 bits per heavy atom. The quantitative estimate of drug-likeness (QED) is 0.643. The van der Waals surface area contributed by atoms with Gasteiger partial charge in [0.2, 0.25) is 0 Å². The minimum Gasteiger partial charge on any atom is -0.481 e. The summed E-state index contributed by atoms with van der Waals surface area (Å²) in [4.78, 5) is 21.8. The Balaban J connectivity index is 3.48. The Labute approximate surface area is 106 Å². The van der Waals surface area contributed by atoms with Gasteiger partial charge in [-0.05, 0) is 17.9 Å². The second-order valence-corrected chi connectivity index (χ2v) is 4.49. The maximum absolute atomic E-state index is 11.2. The van der Waals surface area contributed by atoms with Crippen molar-refractivity contribution in [2.45, 2.75) is 39.0 Å². The monoisotopic (exact) mass is 251 g/mol. The lowest BCUT2D eigenvalue weighted by Gasteiger charge is -2.17. The number of carbonyl (C=O) groups is 1. The van der Waals surface area contributed by atoms with Crippen molar-refractivity contribution in [2.24, 2.45) is 0 Å². The molecule has 98 valence electrons. The molecule has 0 aliphatic rings. The standard InChI is InChI=1S/C13H17NO4/c1-4-9(13(15)16)10-6-5-7-11(14(17)18)12(10)8(2)3/h5-9H,4H2,1-3H3,(H,15,16). The third-order valence-corrected chi connectivity index (χ3v) is 2.97. The summed E-state index contributed by atoms with van der Waals surface area (Å²) in [5.74, 6) is -1.72. The minimum atomic E-state index is -0.945. The second kappa shape index (κ2) is 5.62. The molecular formula is C13H17NO4. The van der Waals surface area contributed by atoms with Crippen molar-refractivity contribution in [3.63, 3.8) is 0 Å². The van der Waals surface area contributed by atoms with Crippen LogP contribution in [0.5, 0.6) is 0 Å². The molecule has 1 aromatic carbocycles. The molecule has 0 fully saturated rings. The molecule has 1 atom stereocenters. The van der Waals surface area contributed by atoms with Crippen LogP contribution in [0.15, 0.2) is 18.2 Å². The highest BCUT2D eigenvalue weighted by Crippen LogP contribution is 2.35. The fourth-order valence-corrected chi connectivity index (χ4v) is 2.19. The van der Waals surface area contributed by atoms with Gasteiger partial charge in [0.25, 0.3) is 5.69 Å². The van der Waals surface area contributed by atoms with Gasteiger partial charge in [-0.1, -0.05) is 32.9 Å². The van der Waals surface area contributed by atoms with E-state index in [1.807, 2.05) is 13.8 Å². The van der Waals surface area contributed by atoms with E-state index in [2.05, 4.69) is 0 Å². The van der Waals surface area contributed by atoms with Gasteiger partial charge in [-0.3, -0.25) is 14.9 Å². The Morgan fingerprint density at radius 3 is 2.44 bits per heavy atom. The molecule has 0 radical (unpaired) electrons. The first-order chi connectivity index (χ1) is 8.40. The molecule has 18 heavy (non-hydrogen) atoms. The van der Waals surface area contributed by atoms with E-state index in [1.54, 1.807) is 19.1 Å². The lowest BCUT2D eigenvalue weighted by molar-refractivity contribution is -0.385. The van der Waals surface area contributed by atoms with E-state index >= 15 is 0 Å². The molecule has 5 nitrogen and oxygen atoms in total. The van der Waals surface area contributed by atoms with E-state index in [1.165, 1.54) is 6.07 Å². The predicted molar refractivity (Wildman–Crippen MR) is 67.9 cm³/mol. The summed E-state index contributed by atoms with van der Waals surface area (Å²) in [5.41, 5.74) is 1.08. The highest BCUT2D eigenvalue weighted by Gasteiger charge is 2.27. The first kappa shape index (κ1) is 14.2. The zero-order chi connectivity index (χ0) is 13.9. The van der Waals surface area contributed by atoms with Crippen LogP contribution in [0.2, 0.25) is 0 Å². The number of carboxylic acids is 1. The van der Waals surface area contributed by atoms with Gasteiger partial charge in [-0.15, -0.1) is 0 Å². The number of benzene rings is 1. The SMILES string of the molecule is CCC(C(=O)O)c1cccc([N+](=O)[O-])c1C(C)C. The molecule has 0 bridgehead atoms. The van der Waals surface area contributed by atoms with Crippen LogP contribution in [0.25, 0.3) is 0 Å². The summed E-state index contributed by atoms with van der Waals surface area (Å²) in [5, 5.41) is 20.2. The second-order valence-electron chi connectivity index (χ2n) is 4.49. The molecule has 0 amide bonds. The third kappa shape index (κ3) is 2.67. The van der Waals surface area contributed by atoms with E-state index in [9.17, 15) is 20.0 Å². The minimum absolute atomic E-state index is 0.00204. The van der Waals surface area contributed by atoms with Crippen molar-refractivity contribution in [3.05, 3.63) is 39.4 Å². The van der Waals surface area contributed by atoms with E-state index in [0.29, 0.717) is 17.5 Å². The van der Waals surface area contributed by atoms with E-state index in [4.69, 9.17) is 0 Å². The number of rotatable bonds is 5. The van der Waals surface area contributed by atoms with Gasteiger partial charge in [-0.2, -0.15) is 0 Å². The number of nitro groups is 1. The topological polar surface area (TPSA) is 80.4 Å². The highest BCUT2D eigenvalue weighted by atomic mass is 16.6. The lowest BCUT2D eigenvalue weighted by Crippen LogP contribution is -2.14. The number of nitrogens with zero attached hydrogens (tertiary/aromatic N) is 1. The summed E-state index contributed by atoms with van der Waals surface area (Å²) < 4.78 is 0. The molecule has 0 spiro atoms. The van der Waals surface area contributed by atoms with Gasteiger partial charge in [0, 0.05) is 11.6 Å². The summed E-state index contributed by atoms with van der Waals surface area (Å²) in [6.07, 6.45) is 0.413. The maximum atomic E-state index is 11.2. The van der Waals surface area contributed by atoms with Crippen molar-refractivity contribution in [1.82, 2.24) is 0 Å². The molecule has 0 aliphatic carbocycles. The van der Waals surface area contributed by atoms with Crippen LogP contribution in [-0.2, 0) is 4.79 Å². The van der Waals surface area contributed by atoms with Gasteiger partial charge >= 0.3 is 5.97 Å². The van der Waals surface area contributed by atoms with Crippen LogP contribution < -0.4 is 0 Å². The fourth-order valence-electron chi connectivity index (χ4n) is 2.19. The number of carboxylic acid groups (broad SMARTS) is 1. The van der Waals surface area contributed by atoms with E-state index in [-0.39, 0.29) is 11.6 Å². The van der Waals surface area contributed by atoms with Gasteiger partial charge in [-0.25, -0.2) is 0 Å². The molecule has 1 N–H and O–H groups in total. The molecule has 0 saturated heterocycles. The molecule has 1 rings (SSSR count). The summed E-state index contributed by atoms with van der Waals surface area (Å²) in [6, 6.07) is 4.64. The average Bonchev–Trinajstić information content (AvgIpc) is 2.28. The van der Waals surface area contributed by atoms with Crippen LogP contribution in [0.3, 0.4) is 0 Å². The number of hydrogen-bond donors (Lipinski definition) is 1. The number of hydrogen-bond acceptors (Lipinski definition) is 3. The van der Waals surface area contributed by atoms with Crippen molar-refractivity contribution >= 4 is 11.7 Å². The molecule has 0 aliphatic heterocycles. The first-order valence-corrected chi connectivity index (χ1v) is 5.90. The fraction of sp³-hybridized carbons (Fsp3) is 0.462. The molecular weight excluding hydrogens is 234 g/mol. The largest absolute Gasteiger partial charge is 0.481 e. The Kier molecular flexibility index (Phi) is 4.42. The van der Waals surface area contributed by atoms with Crippen LogP contribution in [0.4, 0.5) is 5.69 Å². The van der Waals surface area contributed by atoms with E-state index in [0.717, 1.165) is 0 Å². The zero-order valence-corrected chi connectivity index (χ0v) is 10.7. The molecule has 0 saturated carbocycles. The summed E-state index contributed by atoms with van der Waals surface area (Å²) >= 11 is 0. The molecule has 0 aromatic heterocycles. The molecule has 1 aromatic rings. The van der Waals surface area contributed by atoms with Crippen LogP contribution in [0.1, 0.15) is 50.2 Å². The van der Waals surface area contributed by atoms with Crippen molar-refractivity contribution in [2.75, 3.05) is 0 Å². The van der Waals surface area contributed by atoms with Gasteiger partial charge in [0.05, 0.1) is 10.8 Å². The Hall–Kier alpha value is -1.91. The van der Waals surface area contributed by atoms with Crippen molar-refractivity contribution in [1.29, 1.82) is 0 Å². The molecule has 1 unspecified atom stereocenters. The van der Waals surface area contributed by atoms with Crippen LogP contribution >= 0.6 is 0 Å².